The number of aromatic nitrogens is 3. The maximum Gasteiger partial charge on any atom is 0.288 e. The lowest BCUT2D eigenvalue weighted by atomic mass is 10.2. The van der Waals surface area contributed by atoms with Gasteiger partial charge in [-0.2, -0.15) is 13.9 Å². The van der Waals surface area contributed by atoms with Gasteiger partial charge >= 0.3 is 0 Å². The van der Waals surface area contributed by atoms with Gasteiger partial charge in [0.15, 0.2) is 5.65 Å². The number of amides is 1. The lowest BCUT2D eigenvalue weighted by Gasteiger charge is -2.10. The molecule has 0 unspecified atom stereocenters. The van der Waals surface area contributed by atoms with Crippen molar-refractivity contribution >= 4 is 34.4 Å². The van der Waals surface area contributed by atoms with E-state index in [0.29, 0.717) is 17.4 Å². The number of rotatable bonds is 5. The number of thioether (sulfide) groups is 1. The maximum atomic E-state index is 12.6. The summed E-state index contributed by atoms with van der Waals surface area (Å²) in [6.45, 7) is 4.00. The highest BCUT2D eigenvalue weighted by Crippen LogP contribution is 2.29. The fourth-order valence-corrected chi connectivity index (χ4v) is 3.07. The summed E-state index contributed by atoms with van der Waals surface area (Å²) in [6.07, 6.45) is 3.21. The van der Waals surface area contributed by atoms with Gasteiger partial charge in [0.1, 0.15) is 0 Å². The van der Waals surface area contributed by atoms with Crippen molar-refractivity contribution in [3.63, 3.8) is 0 Å². The first-order valence-electron chi connectivity index (χ1n) is 7.64. The van der Waals surface area contributed by atoms with Crippen molar-refractivity contribution in [3.8, 4) is 0 Å². The Labute approximate surface area is 147 Å². The quantitative estimate of drug-likeness (QED) is 0.675. The van der Waals surface area contributed by atoms with Crippen LogP contribution in [0.1, 0.15) is 30.2 Å². The Morgan fingerprint density at radius 3 is 2.72 bits per heavy atom. The van der Waals surface area contributed by atoms with Crippen molar-refractivity contribution in [1.29, 1.82) is 0 Å². The lowest BCUT2D eigenvalue weighted by Crippen LogP contribution is -2.13. The van der Waals surface area contributed by atoms with Gasteiger partial charge in [-0.15, -0.1) is 0 Å². The molecule has 130 valence electrons. The van der Waals surface area contributed by atoms with Gasteiger partial charge in [0.25, 0.3) is 11.7 Å². The van der Waals surface area contributed by atoms with Crippen LogP contribution in [0.4, 0.5) is 14.5 Å². The molecule has 8 heteroatoms. The molecule has 0 spiro atoms. The van der Waals surface area contributed by atoms with Crippen LogP contribution in [-0.4, -0.2) is 26.4 Å². The molecule has 0 aliphatic rings. The summed E-state index contributed by atoms with van der Waals surface area (Å²) in [4.78, 5) is 17.0. The van der Waals surface area contributed by atoms with E-state index < -0.39 is 11.7 Å². The highest BCUT2D eigenvalue weighted by molar-refractivity contribution is 7.99. The van der Waals surface area contributed by atoms with E-state index >= 15 is 0 Å². The van der Waals surface area contributed by atoms with Gasteiger partial charge < -0.3 is 5.32 Å². The highest BCUT2D eigenvalue weighted by atomic mass is 32.2. The van der Waals surface area contributed by atoms with Gasteiger partial charge in [-0.3, -0.25) is 4.79 Å². The molecule has 3 rings (SSSR count). The molecular weight excluding hydrogens is 346 g/mol. The average molecular weight is 362 g/mol. The predicted molar refractivity (Wildman–Crippen MR) is 94.2 cm³/mol. The second-order valence-corrected chi connectivity index (χ2v) is 6.68. The molecule has 2 aromatic heterocycles. The number of pyridine rings is 1. The summed E-state index contributed by atoms with van der Waals surface area (Å²) in [6, 6.07) is 8.20. The van der Waals surface area contributed by atoms with E-state index in [-0.39, 0.29) is 16.5 Å². The zero-order valence-electron chi connectivity index (χ0n) is 13.6. The topological polar surface area (TPSA) is 59.8 Å². The van der Waals surface area contributed by atoms with Crippen LogP contribution in [0.25, 0.3) is 11.0 Å². The number of benzene rings is 1. The number of carbonyl (C=O) groups excluding carboxylic acids is 1. The largest absolute Gasteiger partial charge is 0.321 e. The van der Waals surface area contributed by atoms with E-state index in [9.17, 15) is 13.6 Å². The number of hydrogen-bond donors (Lipinski definition) is 1. The Morgan fingerprint density at radius 2 is 2.00 bits per heavy atom. The summed E-state index contributed by atoms with van der Waals surface area (Å²) in [5, 5.41) is 7.77. The third-order valence-electron chi connectivity index (χ3n) is 3.53. The van der Waals surface area contributed by atoms with Gasteiger partial charge in [0.05, 0.1) is 23.6 Å². The van der Waals surface area contributed by atoms with Crippen LogP contribution in [0.3, 0.4) is 0 Å². The Morgan fingerprint density at radius 1 is 1.24 bits per heavy atom. The third kappa shape index (κ3) is 3.79. The van der Waals surface area contributed by atoms with Gasteiger partial charge in [-0.05, 0) is 32.0 Å². The van der Waals surface area contributed by atoms with E-state index in [4.69, 9.17) is 0 Å². The summed E-state index contributed by atoms with van der Waals surface area (Å²) >= 11 is 0.350. The van der Waals surface area contributed by atoms with Gasteiger partial charge in [-0.25, -0.2) is 9.67 Å². The molecule has 5 nitrogen and oxygen atoms in total. The molecule has 25 heavy (non-hydrogen) atoms. The van der Waals surface area contributed by atoms with Crippen LogP contribution in [0, 0.1) is 0 Å². The molecule has 0 bridgehead atoms. The summed E-state index contributed by atoms with van der Waals surface area (Å²) in [5.74, 6) is -3.05. The zero-order chi connectivity index (χ0) is 18.0. The SMILES string of the molecule is CC(C)n1ncc2cc(NC(=O)c3ccccc3SC(F)F)cnc21. The molecule has 0 aliphatic heterocycles. The van der Waals surface area contributed by atoms with Crippen molar-refractivity contribution in [2.75, 3.05) is 5.32 Å². The maximum absolute atomic E-state index is 12.6. The van der Waals surface area contributed by atoms with E-state index in [1.807, 2.05) is 13.8 Å². The summed E-state index contributed by atoms with van der Waals surface area (Å²) in [7, 11) is 0. The van der Waals surface area contributed by atoms with Crippen LogP contribution < -0.4 is 5.32 Å². The number of alkyl halides is 2. The van der Waals surface area contributed by atoms with Crippen LogP contribution in [0.15, 0.2) is 47.6 Å². The Hall–Kier alpha value is -2.48. The van der Waals surface area contributed by atoms with E-state index in [2.05, 4.69) is 15.4 Å². The molecule has 0 fully saturated rings. The second kappa shape index (κ2) is 7.18. The molecule has 1 amide bonds. The van der Waals surface area contributed by atoms with E-state index in [1.165, 1.54) is 18.3 Å². The Kier molecular flexibility index (Phi) is 4.98. The molecule has 3 aromatic rings. The number of hydrogen-bond acceptors (Lipinski definition) is 4. The third-order valence-corrected chi connectivity index (χ3v) is 4.32. The minimum absolute atomic E-state index is 0.170. The second-order valence-electron chi connectivity index (χ2n) is 5.65. The van der Waals surface area contributed by atoms with Crippen molar-refractivity contribution < 1.29 is 13.6 Å². The molecule has 0 saturated carbocycles. The normalized spacial score (nSPS) is 11.4. The Bertz CT molecular complexity index is 911. The number of halogens is 2. The van der Waals surface area contributed by atoms with Crippen molar-refractivity contribution in [3.05, 3.63) is 48.3 Å². The standard InChI is InChI=1S/C17H16F2N4OS/c1-10(2)23-15-11(8-21-23)7-12(9-20-15)22-16(24)13-5-3-4-6-14(13)25-17(18)19/h3-10,17H,1-2H3,(H,22,24). The molecule has 0 aliphatic carbocycles. The van der Waals surface area contributed by atoms with Crippen molar-refractivity contribution in [2.24, 2.45) is 0 Å². The molecule has 2 heterocycles. The molecular formula is C17H16F2N4OS. The van der Waals surface area contributed by atoms with E-state index in [0.717, 1.165) is 11.0 Å². The first-order chi connectivity index (χ1) is 12.0. The predicted octanol–water partition coefficient (Wildman–Crippen LogP) is 4.58. The van der Waals surface area contributed by atoms with Gasteiger partial charge in [0, 0.05) is 16.3 Å². The lowest BCUT2D eigenvalue weighted by molar-refractivity contribution is 0.102. The fraction of sp³-hybridized carbons (Fsp3) is 0.235. The molecule has 1 N–H and O–H groups in total. The van der Waals surface area contributed by atoms with E-state index in [1.54, 1.807) is 29.1 Å². The van der Waals surface area contributed by atoms with Crippen molar-refractivity contribution in [1.82, 2.24) is 14.8 Å². The minimum atomic E-state index is -2.59. The van der Waals surface area contributed by atoms with Crippen LogP contribution >= 0.6 is 11.8 Å². The van der Waals surface area contributed by atoms with Crippen LogP contribution in [0.5, 0.6) is 0 Å². The number of anilines is 1. The number of nitrogens with zero attached hydrogens (tertiary/aromatic N) is 3. The smallest absolute Gasteiger partial charge is 0.288 e. The Balaban J connectivity index is 1.85. The summed E-state index contributed by atoms with van der Waals surface area (Å²) in [5.41, 5.74) is 1.41. The van der Waals surface area contributed by atoms with Gasteiger partial charge in [-0.1, -0.05) is 23.9 Å². The highest BCUT2D eigenvalue weighted by Gasteiger charge is 2.16. The molecule has 1 aromatic carbocycles. The number of carbonyl (C=O) groups is 1. The zero-order valence-corrected chi connectivity index (χ0v) is 14.4. The fourth-order valence-electron chi connectivity index (χ4n) is 2.44. The number of fused-ring (bicyclic) bond motifs is 1. The van der Waals surface area contributed by atoms with Crippen LogP contribution in [-0.2, 0) is 0 Å². The van der Waals surface area contributed by atoms with Crippen molar-refractivity contribution in [2.45, 2.75) is 30.5 Å². The summed E-state index contributed by atoms with van der Waals surface area (Å²) < 4.78 is 27.1. The number of nitrogens with one attached hydrogen (secondary N) is 1. The van der Waals surface area contributed by atoms with Crippen LogP contribution in [0.2, 0.25) is 0 Å². The monoisotopic (exact) mass is 362 g/mol. The first kappa shape index (κ1) is 17.3. The molecule has 0 saturated heterocycles. The molecule has 0 atom stereocenters. The average Bonchev–Trinajstić information content (AvgIpc) is 2.98. The molecule has 0 radical (unpaired) electrons. The van der Waals surface area contributed by atoms with Gasteiger partial charge in [0.2, 0.25) is 0 Å². The minimum Gasteiger partial charge on any atom is -0.321 e. The first-order valence-corrected chi connectivity index (χ1v) is 8.52.